The molecule has 1 atom stereocenters. The molecule has 0 saturated heterocycles. The molecule has 0 aromatic carbocycles. The molecule has 18 heavy (non-hydrogen) atoms. The van der Waals surface area contributed by atoms with E-state index < -0.39 is 16.6 Å². The average molecular weight is 291 g/mol. The smallest absolute Gasteiger partial charge is 0.320 e. The van der Waals surface area contributed by atoms with Crippen LogP contribution in [-0.2, 0) is 13.6 Å². The third-order valence-corrected chi connectivity index (χ3v) is 4.04. The van der Waals surface area contributed by atoms with Gasteiger partial charge in [0.2, 0.25) is 8.32 Å². The molecule has 0 N–H and O–H groups in total. The SMILES string of the molecule is CCCCCC(O[Si](C)(C)C)C(=O)O[Si](C)(C)C. The molecule has 108 valence electrons. The van der Waals surface area contributed by atoms with Crippen molar-refractivity contribution in [2.45, 2.75) is 78.0 Å². The fourth-order valence-electron chi connectivity index (χ4n) is 1.60. The van der Waals surface area contributed by atoms with E-state index in [-0.39, 0.29) is 12.1 Å². The van der Waals surface area contributed by atoms with E-state index in [0.29, 0.717) is 0 Å². The summed E-state index contributed by atoms with van der Waals surface area (Å²) in [7, 11) is -3.52. The highest BCUT2D eigenvalue weighted by Gasteiger charge is 2.30. The van der Waals surface area contributed by atoms with E-state index in [2.05, 4.69) is 26.6 Å². The van der Waals surface area contributed by atoms with Crippen LogP contribution in [0.2, 0.25) is 39.3 Å². The topological polar surface area (TPSA) is 35.5 Å². The van der Waals surface area contributed by atoms with E-state index in [1.807, 2.05) is 19.6 Å². The van der Waals surface area contributed by atoms with Gasteiger partial charge in [0.05, 0.1) is 0 Å². The van der Waals surface area contributed by atoms with Gasteiger partial charge in [0.1, 0.15) is 6.10 Å². The molecule has 0 aliphatic carbocycles. The van der Waals surface area contributed by atoms with E-state index in [1.54, 1.807) is 0 Å². The van der Waals surface area contributed by atoms with Crippen molar-refractivity contribution in [3.05, 3.63) is 0 Å². The molecule has 0 bridgehead atoms. The summed E-state index contributed by atoms with van der Waals surface area (Å²) >= 11 is 0. The number of carbonyl (C=O) groups excluding carboxylic acids is 1. The van der Waals surface area contributed by atoms with Crippen molar-refractivity contribution in [2.24, 2.45) is 0 Å². The number of carbonyl (C=O) groups is 1. The standard InChI is InChI=1S/C13H30O3Si2/c1-8-9-10-11-12(15-17(2,3)4)13(14)16-18(5,6)7/h12H,8-11H2,1-7H3. The Morgan fingerprint density at radius 3 is 1.94 bits per heavy atom. The Bertz CT molecular complexity index is 254. The Morgan fingerprint density at radius 2 is 1.56 bits per heavy atom. The van der Waals surface area contributed by atoms with Crippen molar-refractivity contribution in [2.75, 3.05) is 0 Å². The Balaban J connectivity index is 4.49. The maximum Gasteiger partial charge on any atom is 0.320 e. The van der Waals surface area contributed by atoms with Gasteiger partial charge in [-0.15, -0.1) is 0 Å². The summed E-state index contributed by atoms with van der Waals surface area (Å²) in [4.78, 5) is 12.1. The minimum atomic E-state index is -1.82. The lowest BCUT2D eigenvalue weighted by molar-refractivity contribution is -0.143. The van der Waals surface area contributed by atoms with Gasteiger partial charge in [-0.05, 0) is 45.7 Å². The van der Waals surface area contributed by atoms with Crippen LogP contribution in [0.15, 0.2) is 0 Å². The lowest BCUT2D eigenvalue weighted by Crippen LogP contribution is -2.41. The van der Waals surface area contributed by atoms with Gasteiger partial charge < -0.3 is 8.85 Å². The Labute approximate surface area is 115 Å². The van der Waals surface area contributed by atoms with Crippen LogP contribution in [0.5, 0.6) is 0 Å². The lowest BCUT2D eigenvalue weighted by Gasteiger charge is -2.28. The molecular weight excluding hydrogens is 260 g/mol. The van der Waals surface area contributed by atoms with Gasteiger partial charge >= 0.3 is 5.97 Å². The largest absolute Gasteiger partial charge is 0.518 e. The molecule has 0 spiro atoms. The van der Waals surface area contributed by atoms with Crippen molar-refractivity contribution in [1.82, 2.24) is 0 Å². The number of rotatable bonds is 8. The lowest BCUT2D eigenvalue weighted by atomic mass is 10.1. The Hall–Kier alpha value is -0.136. The summed E-state index contributed by atoms with van der Waals surface area (Å²) < 4.78 is 11.6. The number of unbranched alkanes of at least 4 members (excludes halogenated alkanes) is 2. The summed E-state index contributed by atoms with van der Waals surface area (Å²) in [5, 5.41) is 0. The third kappa shape index (κ3) is 9.85. The molecule has 0 rings (SSSR count). The third-order valence-electron chi connectivity index (χ3n) is 2.24. The number of hydrogen-bond acceptors (Lipinski definition) is 3. The molecule has 0 aromatic rings. The van der Waals surface area contributed by atoms with Crippen LogP contribution in [0.25, 0.3) is 0 Å². The second-order valence-corrected chi connectivity index (χ2v) is 15.6. The highest BCUT2D eigenvalue weighted by Crippen LogP contribution is 2.17. The van der Waals surface area contributed by atoms with Gasteiger partial charge in [-0.25, -0.2) is 0 Å². The van der Waals surface area contributed by atoms with Crippen molar-refractivity contribution in [3.8, 4) is 0 Å². The van der Waals surface area contributed by atoms with E-state index in [0.717, 1.165) is 25.7 Å². The molecule has 0 amide bonds. The molecule has 0 radical (unpaired) electrons. The first-order chi connectivity index (χ1) is 8.05. The molecule has 0 heterocycles. The fraction of sp³-hybridized carbons (Fsp3) is 0.923. The maximum atomic E-state index is 12.1. The van der Waals surface area contributed by atoms with E-state index >= 15 is 0 Å². The minimum absolute atomic E-state index is 0.146. The molecule has 0 aliphatic rings. The molecule has 5 heteroatoms. The summed E-state index contributed by atoms with van der Waals surface area (Å²) in [6.45, 7) is 14.6. The highest BCUT2D eigenvalue weighted by molar-refractivity contribution is 6.71. The fourth-order valence-corrected chi connectivity index (χ4v) is 3.40. The van der Waals surface area contributed by atoms with Gasteiger partial charge in [0, 0.05) is 0 Å². The van der Waals surface area contributed by atoms with Gasteiger partial charge in [-0.3, -0.25) is 4.79 Å². The Morgan fingerprint density at radius 1 is 1.00 bits per heavy atom. The average Bonchev–Trinajstić information content (AvgIpc) is 2.11. The van der Waals surface area contributed by atoms with Gasteiger partial charge in [-0.1, -0.05) is 26.2 Å². The van der Waals surface area contributed by atoms with E-state index in [1.165, 1.54) is 0 Å². The van der Waals surface area contributed by atoms with Crippen molar-refractivity contribution >= 4 is 22.6 Å². The van der Waals surface area contributed by atoms with E-state index in [9.17, 15) is 4.79 Å². The van der Waals surface area contributed by atoms with Crippen LogP contribution in [0.3, 0.4) is 0 Å². The predicted molar refractivity (Wildman–Crippen MR) is 81.8 cm³/mol. The summed E-state index contributed by atoms with van der Waals surface area (Å²) in [6.07, 6.45) is 3.78. The zero-order valence-corrected chi connectivity index (χ0v) is 15.1. The van der Waals surface area contributed by atoms with Crippen molar-refractivity contribution in [1.29, 1.82) is 0 Å². The highest BCUT2D eigenvalue weighted by atomic mass is 28.4. The first-order valence-electron chi connectivity index (χ1n) is 6.96. The normalized spacial score (nSPS) is 14.4. The van der Waals surface area contributed by atoms with Gasteiger partial charge in [-0.2, -0.15) is 0 Å². The van der Waals surface area contributed by atoms with Gasteiger partial charge in [0.15, 0.2) is 8.32 Å². The van der Waals surface area contributed by atoms with Crippen LogP contribution < -0.4 is 0 Å². The van der Waals surface area contributed by atoms with Crippen molar-refractivity contribution in [3.63, 3.8) is 0 Å². The zero-order chi connectivity index (χ0) is 14.4. The van der Waals surface area contributed by atoms with Crippen LogP contribution in [0, 0.1) is 0 Å². The Kier molecular flexibility index (Phi) is 7.40. The second-order valence-electron chi connectivity index (χ2n) is 6.75. The molecule has 0 fully saturated rings. The van der Waals surface area contributed by atoms with Crippen LogP contribution in [-0.4, -0.2) is 28.7 Å². The zero-order valence-electron chi connectivity index (χ0n) is 13.1. The predicted octanol–water partition coefficient (Wildman–Crippen LogP) is 4.16. The molecule has 3 nitrogen and oxygen atoms in total. The molecule has 0 saturated carbocycles. The van der Waals surface area contributed by atoms with Crippen molar-refractivity contribution < 1.29 is 13.6 Å². The molecular formula is C13H30O3Si2. The van der Waals surface area contributed by atoms with Crippen LogP contribution in [0.1, 0.15) is 32.6 Å². The monoisotopic (exact) mass is 290 g/mol. The quantitative estimate of drug-likeness (QED) is 0.497. The molecule has 0 aliphatic heterocycles. The first-order valence-corrected chi connectivity index (χ1v) is 13.8. The van der Waals surface area contributed by atoms with Crippen LogP contribution >= 0.6 is 0 Å². The first kappa shape index (κ1) is 17.9. The summed E-state index contributed by atoms with van der Waals surface area (Å²) in [6, 6.07) is 0. The number of hydrogen-bond donors (Lipinski definition) is 0. The minimum Gasteiger partial charge on any atom is -0.518 e. The van der Waals surface area contributed by atoms with Gasteiger partial charge in [0.25, 0.3) is 0 Å². The summed E-state index contributed by atoms with van der Waals surface area (Å²) in [5.74, 6) is -0.146. The molecule has 0 aromatic heterocycles. The van der Waals surface area contributed by atoms with Crippen LogP contribution in [0.4, 0.5) is 0 Å². The maximum absolute atomic E-state index is 12.1. The summed E-state index contributed by atoms with van der Waals surface area (Å²) in [5.41, 5.74) is 0. The molecule has 1 unspecified atom stereocenters. The van der Waals surface area contributed by atoms with E-state index in [4.69, 9.17) is 8.85 Å². The second kappa shape index (κ2) is 7.45.